The molecule has 0 aliphatic rings. The summed E-state index contributed by atoms with van der Waals surface area (Å²) in [6, 6.07) is 6.08. The molecule has 1 rings (SSSR count). The Kier molecular flexibility index (Phi) is 3.64. The van der Waals surface area contributed by atoms with Crippen LogP contribution in [0.15, 0.2) is 24.3 Å². The van der Waals surface area contributed by atoms with Crippen molar-refractivity contribution in [3.05, 3.63) is 29.8 Å². The molecule has 1 aromatic rings. The molecule has 3 nitrogen and oxygen atoms in total. The topological polar surface area (TPSA) is 49.4 Å². The molecule has 13 heavy (non-hydrogen) atoms. The summed E-state index contributed by atoms with van der Waals surface area (Å²) in [7, 11) is 0. The van der Waals surface area contributed by atoms with Gasteiger partial charge in [-0.3, -0.25) is 0 Å². The van der Waals surface area contributed by atoms with Crippen LogP contribution in [0.2, 0.25) is 0 Å². The molecule has 0 bridgehead atoms. The average molecular weight is 197 g/mol. The predicted molar refractivity (Wildman–Crippen MR) is 50.1 cm³/mol. The van der Waals surface area contributed by atoms with E-state index in [1.165, 1.54) is 12.1 Å². The number of rotatable bonds is 4. The average Bonchev–Trinajstić information content (AvgIpc) is 2.15. The van der Waals surface area contributed by atoms with Gasteiger partial charge in [-0.15, -0.1) is 0 Å². The first-order valence-corrected chi connectivity index (χ1v) is 4.42. The van der Waals surface area contributed by atoms with E-state index in [1.54, 1.807) is 12.1 Å². The van der Waals surface area contributed by atoms with Gasteiger partial charge in [-0.1, -0.05) is 0 Å². The van der Waals surface area contributed by atoms with Crippen molar-refractivity contribution in [2.45, 2.75) is 0 Å². The zero-order valence-electron chi connectivity index (χ0n) is 6.90. The van der Waals surface area contributed by atoms with Crippen LogP contribution in [0.25, 0.3) is 0 Å². The van der Waals surface area contributed by atoms with Crippen LogP contribution in [0.5, 0.6) is 5.75 Å². The van der Waals surface area contributed by atoms with Crippen LogP contribution >= 0.6 is 12.6 Å². The Hall–Kier alpha value is -1.16. The maximum absolute atomic E-state index is 10.4. The number of hydrogen-bond acceptors (Lipinski definition) is 4. The van der Waals surface area contributed by atoms with Crippen LogP contribution in [0.4, 0.5) is 0 Å². The maximum atomic E-state index is 10.4. The highest BCUT2D eigenvalue weighted by Gasteiger charge is 1.94. The molecule has 0 aliphatic heterocycles. The van der Waals surface area contributed by atoms with Crippen LogP contribution in [0.1, 0.15) is 10.4 Å². The van der Waals surface area contributed by atoms with E-state index in [-0.39, 0.29) is 5.56 Å². The highest BCUT2D eigenvalue weighted by molar-refractivity contribution is 7.80. The van der Waals surface area contributed by atoms with Gasteiger partial charge in [-0.25, -0.2) is 0 Å². The molecule has 0 fully saturated rings. The Labute approximate surface area is 81.8 Å². The van der Waals surface area contributed by atoms with Gasteiger partial charge in [-0.05, 0) is 29.8 Å². The Morgan fingerprint density at radius 2 is 2.00 bits per heavy atom. The third-order valence-electron chi connectivity index (χ3n) is 1.45. The van der Waals surface area contributed by atoms with Crippen LogP contribution in [0, 0.1) is 0 Å². The number of hydrogen-bond donors (Lipinski definition) is 1. The molecule has 70 valence electrons. The van der Waals surface area contributed by atoms with E-state index in [9.17, 15) is 9.90 Å². The number of thiol groups is 1. The zero-order chi connectivity index (χ0) is 9.68. The van der Waals surface area contributed by atoms with Gasteiger partial charge in [0.1, 0.15) is 5.75 Å². The Morgan fingerprint density at radius 1 is 1.38 bits per heavy atom. The fourth-order valence-corrected chi connectivity index (χ4v) is 0.942. The molecule has 0 amide bonds. The molecule has 0 spiro atoms. The number of carbonyl (C=O) groups excluding carboxylic acids is 1. The predicted octanol–water partition coefficient (Wildman–Crippen LogP) is 0.359. The van der Waals surface area contributed by atoms with E-state index in [1.807, 2.05) is 0 Å². The second-order valence-electron chi connectivity index (χ2n) is 2.38. The minimum Gasteiger partial charge on any atom is -0.545 e. The van der Waals surface area contributed by atoms with E-state index < -0.39 is 5.97 Å². The quantitative estimate of drug-likeness (QED) is 0.709. The lowest BCUT2D eigenvalue weighted by Gasteiger charge is -2.05. The molecular formula is C9H9O3S-. The second kappa shape index (κ2) is 4.77. The molecule has 4 heteroatoms. The number of aromatic carboxylic acids is 1. The number of carbonyl (C=O) groups is 1. The number of carboxylic acids is 1. The highest BCUT2D eigenvalue weighted by Crippen LogP contribution is 2.11. The Morgan fingerprint density at radius 3 is 2.46 bits per heavy atom. The molecule has 0 N–H and O–H groups in total. The van der Waals surface area contributed by atoms with Gasteiger partial charge in [0.2, 0.25) is 0 Å². The first kappa shape index (κ1) is 9.92. The zero-order valence-corrected chi connectivity index (χ0v) is 7.79. The summed E-state index contributed by atoms with van der Waals surface area (Å²) >= 11 is 3.97. The van der Waals surface area contributed by atoms with E-state index >= 15 is 0 Å². The van der Waals surface area contributed by atoms with Gasteiger partial charge in [0.15, 0.2) is 0 Å². The third kappa shape index (κ3) is 2.99. The van der Waals surface area contributed by atoms with Crippen LogP contribution in [-0.2, 0) is 0 Å². The van der Waals surface area contributed by atoms with Crippen molar-refractivity contribution in [1.82, 2.24) is 0 Å². The van der Waals surface area contributed by atoms with Crippen molar-refractivity contribution in [1.29, 1.82) is 0 Å². The lowest BCUT2D eigenvalue weighted by Crippen LogP contribution is -2.21. The van der Waals surface area contributed by atoms with E-state index in [0.717, 1.165) is 0 Å². The van der Waals surface area contributed by atoms with Gasteiger partial charge in [0, 0.05) is 5.75 Å². The summed E-state index contributed by atoms with van der Waals surface area (Å²) in [5.41, 5.74) is 0.151. The lowest BCUT2D eigenvalue weighted by molar-refractivity contribution is -0.255. The second-order valence-corrected chi connectivity index (χ2v) is 2.83. The summed E-state index contributed by atoms with van der Waals surface area (Å²) < 4.78 is 5.20. The third-order valence-corrected chi connectivity index (χ3v) is 1.63. The number of benzene rings is 1. The largest absolute Gasteiger partial charge is 0.545 e. The van der Waals surface area contributed by atoms with E-state index in [4.69, 9.17) is 4.74 Å². The molecule has 0 aliphatic carbocycles. The lowest BCUT2D eigenvalue weighted by atomic mass is 10.2. The van der Waals surface area contributed by atoms with Gasteiger partial charge in [0.25, 0.3) is 0 Å². The summed E-state index contributed by atoms with van der Waals surface area (Å²) in [6.45, 7) is 0.508. The summed E-state index contributed by atoms with van der Waals surface area (Å²) in [5, 5.41) is 10.4. The van der Waals surface area contributed by atoms with Crippen molar-refractivity contribution in [2.75, 3.05) is 12.4 Å². The monoisotopic (exact) mass is 197 g/mol. The first-order chi connectivity index (χ1) is 6.24. The molecule has 0 aromatic heterocycles. The SMILES string of the molecule is O=C([O-])c1ccc(OCCS)cc1. The van der Waals surface area contributed by atoms with Gasteiger partial charge < -0.3 is 14.6 Å². The minimum atomic E-state index is -1.18. The molecular weight excluding hydrogens is 188 g/mol. The first-order valence-electron chi connectivity index (χ1n) is 3.79. The molecule has 1 aromatic carbocycles. The number of ether oxygens (including phenoxy) is 1. The Bertz CT molecular complexity index is 281. The van der Waals surface area contributed by atoms with Crippen molar-refractivity contribution in [2.24, 2.45) is 0 Å². The summed E-state index contributed by atoms with van der Waals surface area (Å²) in [6.07, 6.45) is 0. The standard InChI is InChI=1S/C9H10O3S/c10-9(11)7-1-3-8(4-2-7)12-5-6-13/h1-4,13H,5-6H2,(H,10,11)/p-1. The van der Waals surface area contributed by atoms with Gasteiger partial charge in [0.05, 0.1) is 12.6 Å². The smallest absolute Gasteiger partial charge is 0.119 e. The molecule has 0 radical (unpaired) electrons. The molecule has 0 saturated heterocycles. The minimum absolute atomic E-state index is 0.151. The van der Waals surface area contributed by atoms with Crippen LogP contribution in [0.3, 0.4) is 0 Å². The van der Waals surface area contributed by atoms with Crippen LogP contribution in [-0.4, -0.2) is 18.3 Å². The van der Waals surface area contributed by atoms with Crippen molar-refractivity contribution < 1.29 is 14.6 Å². The fraction of sp³-hybridized carbons (Fsp3) is 0.222. The normalized spacial score (nSPS) is 9.62. The molecule has 0 unspecified atom stereocenters. The van der Waals surface area contributed by atoms with Crippen molar-refractivity contribution >= 4 is 18.6 Å². The summed E-state index contributed by atoms with van der Waals surface area (Å²) in [5.74, 6) is 0.0854. The van der Waals surface area contributed by atoms with Gasteiger partial charge >= 0.3 is 0 Å². The molecule has 0 atom stereocenters. The number of carboxylic acid groups (broad SMARTS) is 1. The molecule has 0 saturated carbocycles. The highest BCUT2D eigenvalue weighted by atomic mass is 32.1. The maximum Gasteiger partial charge on any atom is 0.119 e. The van der Waals surface area contributed by atoms with E-state index in [0.29, 0.717) is 18.1 Å². The Balaban J connectivity index is 2.64. The van der Waals surface area contributed by atoms with Crippen molar-refractivity contribution in [3.63, 3.8) is 0 Å². The van der Waals surface area contributed by atoms with E-state index in [2.05, 4.69) is 12.6 Å². The van der Waals surface area contributed by atoms with Crippen molar-refractivity contribution in [3.8, 4) is 5.75 Å². The van der Waals surface area contributed by atoms with Crippen LogP contribution < -0.4 is 9.84 Å². The summed E-state index contributed by atoms with van der Waals surface area (Å²) in [4.78, 5) is 10.4. The van der Waals surface area contributed by atoms with Gasteiger partial charge in [-0.2, -0.15) is 12.6 Å². The molecule has 0 heterocycles. The fourth-order valence-electron chi connectivity index (χ4n) is 0.851.